The lowest BCUT2D eigenvalue weighted by molar-refractivity contribution is -0.131. The van der Waals surface area contributed by atoms with Gasteiger partial charge in [-0.25, -0.2) is 4.68 Å². The lowest BCUT2D eigenvalue weighted by atomic mass is 9.93. The zero-order valence-electron chi connectivity index (χ0n) is 20.7. The van der Waals surface area contributed by atoms with Crippen LogP contribution in [0.4, 0.5) is 5.69 Å². The van der Waals surface area contributed by atoms with Gasteiger partial charge in [-0.15, -0.1) is 0 Å². The molecule has 0 aliphatic heterocycles. The number of nitrogens with one attached hydrogen (secondary N) is 2. The largest absolute Gasteiger partial charge is 0.395 e. The zero-order valence-corrected chi connectivity index (χ0v) is 21.4. The van der Waals surface area contributed by atoms with Gasteiger partial charge in [0.05, 0.1) is 45.7 Å². The highest BCUT2D eigenvalue weighted by atomic mass is 35.5. The minimum absolute atomic E-state index is 0.205. The predicted molar refractivity (Wildman–Crippen MR) is 143 cm³/mol. The van der Waals surface area contributed by atoms with Crippen molar-refractivity contribution in [2.75, 3.05) is 11.9 Å². The molecule has 3 N–H and O–H groups in total. The van der Waals surface area contributed by atoms with E-state index in [4.69, 9.17) is 11.6 Å². The summed E-state index contributed by atoms with van der Waals surface area (Å²) in [4.78, 5) is 30.0. The molecular weight excluding hydrogens is 490 g/mol. The van der Waals surface area contributed by atoms with E-state index >= 15 is 0 Å². The topological polar surface area (TPSA) is 109 Å². The summed E-state index contributed by atoms with van der Waals surface area (Å²) in [5.41, 5.74) is 3.60. The van der Waals surface area contributed by atoms with E-state index < -0.39 is 5.41 Å². The Bertz CT molecular complexity index is 1490. The fourth-order valence-electron chi connectivity index (χ4n) is 4.08. The molecule has 0 radical (unpaired) electrons. The van der Waals surface area contributed by atoms with Gasteiger partial charge in [0, 0.05) is 29.7 Å². The minimum Gasteiger partial charge on any atom is -0.395 e. The smallest absolute Gasteiger partial charge is 0.257 e. The van der Waals surface area contributed by atoms with Gasteiger partial charge in [-0.2, -0.15) is 5.10 Å². The van der Waals surface area contributed by atoms with Crippen molar-refractivity contribution in [3.05, 3.63) is 82.8 Å². The number of anilines is 1. The van der Waals surface area contributed by atoms with Crippen molar-refractivity contribution >= 4 is 40.0 Å². The molecular formula is C28H28ClN5O3. The van der Waals surface area contributed by atoms with Crippen LogP contribution in [0.2, 0.25) is 5.02 Å². The average molecular weight is 518 g/mol. The number of pyridine rings is 1. The Labute approximate surface area is 219 Å². The number of aliphatic hydroxyl groups is 1. The van der Waals surface area contributed by atoms with Gasteiger partial charge in [-0.1, -0.05) is 23.7 Å². The van der Waals surface area contributed by atoms with Crippen molar-refractivity contribution in [3.8, 4) is 5.69 Å². The summed E-state index contributed by atoms with van der Waals surface area (Å²) in [6, 6.07) is 14.7. The van der Waals surface area contributed by atoms with Crippen LogP contribution in [0.3, 0.4) is 0 Å². The number of nitrogens with zero attached hydrogens (tertiary/aromatic N) is 3. The molecule has 1 fully saturated rings. The van der Waals surface area contributed by atoms with E-state index in [0.717, 1.165) is 22.3 Å². The Morgan fingerprint density at radius 1 is 1.16 bits per heavy atom. The Morgan fingerprint density at radius 2 is 1.97 bits per heavy atom. The van der Waals surface area contributed by atoms with Crippen LogP contribution in [0.1, 0.15) is 54.2 Å². The number of aromatic nitrogens is 3. The van der Waals surface area contributed by atoms with Crippen molar-refractivity contribution in [1.82, 2.24) is 20.1 Å². The molecule has 37 heavy (non-hydrogen) atoms. The van der Waals surface area contributed by atoms with Crippen LogP contribution in [0.15, 0.2) is 60.9 Å². The first kappa shape index (κ1) is 24.9. The number of hydrogen-bond acceptors (Lipinski definition) is 5. The van der Waals surface area contributed by atoms with Gasteiger partial charge in [0.1, 0.15) is 0 Å². The number of halogens is 1. The van der Waals surface area contributed by atoms with E-state index in [0.29, 0.717) is 27.8 Å². The van der Waals surface area contributed by atoms with Crippen LogP contribution < -0.4 is 10.6 Å². The molecule has 1 saturated carbocycles. The first-order valence-corrected chi connectivity index (χ1v) is 12.6. The van der Waals surface area contributed by atoms with E-state index in [1.54, 1.807) is 38.2 Å². The molecule has 2 aromatic carbocycles. The first-order valence-electron chi connectivity index (χ1n) is 12.2. The SMILES string of the molecule is CC(C)(CO)C(=O)NCc1ccc(Cl)c(C(=O)Nc2cccc3c2cnn3-c2ccnc(C3CC3)c2)c1. The molecule has 9 heteroatoms. The first-order chi connectivity index (χ1) is 17.8. The molecule has 2 amide bonds. The van der Waals surface area contributed by atoms with Crippen LogP contribution in [-0.2, 0) is 11.3 Å². The third-order valence-corrected chi connectivity index (χ3v) is 6.93. The van der Waals surface area contributed by atoms with Crippen LogP contribution in [-0.4, -0.2) is 38.3 Å². The van der Waals surface area contributed by atoms with Crippen molar-refractivity contribution in [1.29, 1.82) is 0 Å². The number of benzene rings is 2. The molecule has 0 spiro atoms. The quantitative estimate of drug-likeness (QED) is 0.310. The minimum atomic E-state index is -0.897. The van der Waals surface area contributed by atoms with Crippen molar-refractivity contribution in [2.24, 2.45) is 5.41 Å². The molecule has 1 aliphatic carbocycles. The number of rotatable bonds is 8. The van der Waals surface area contributed by atoms with E-state index in [2.05, 4.69) is 26.8 Å². The van der Waals surface area contributed by atoms with Gasteiger partial charge in [0.2, 0.25) is 5.91 Å². The molecule has 0 bridgehead atoms. The number of carbonyl (C=O) groups is 2. The number of carbonyl (C=O) groups excluding carboxylic acids is 2. The number of hydrogen-bond donors (Lipinski definition) is 3. The van der Waals surface area contributed by atoms with Gasteiger partial charge < -0.3 is 15.7 Å². The molecule has 0 atom stereocenters. The average Bonchev–Trinajstić information content (AvgIpc) is 3.66. The molecule has 4 aromatic rings. The monoisotopic (exact) mass is 517 g/mol. The Hall–Kier alpha value is -3.75. The molecule has 8 nitrogen and oxygen atoms in total. The Balaban J connectivity index is 1.37. The van der Waals surface area contributed by atoms with Gasteiger partial charge in [-0.05, 0) is 68.7 Å². The van der Waals surface area contributed by atoms with E-state index in [9.17, 15) is 14.7 Å². The van der Waals surface area contributed by atoms with Gasteiger partial charge in [0.15, 0.2) is 0 Å². The van der Waals surface area contributed by atoms with Crippen molar-refractivity contribution in [2.45, 2.75) is 39.2 Å². The van der Waals surface area contributed by atoms with Crippen molar-refractivity contribution < 1.29 is 14.7 Å². The normalized spacial score (nSPS) is 13.5. The van der Waals surface area contributed by atoms with Crippen LogP contribution in [0, 0.1) is 5.41 Å². The maximum absolute atomic E-state index is 13.2. The lowest BCUT2D eigenvalue weighted by Crippen LogP contribution is -2.38. The van der Waals surface area contributed by atoms with Gasteiger partial charge in [0.25, 0.3) is 5.91 Å². The highest BCUT2D eigenvalue weighted by molar-refractivity contribution is 6.34. The van der Waals surface area contributed by atoms with Crippen LogP contribution >= 0.6 is 11.6 Å². The highest BCUT2D eigenvalue weighted by Crippen LogP contribution is 2.39. The second-order valence-corrected chi connectivity index (χ2v) is 10.4. The summed E-state index contributed by atoms with van der Waals surface area (Å²) in [5.74, 6) is -0.112. The summed E-state index contributed by atoms with van der Waals surface area (Å²) in [6.07, 6.45) is 5.88. The van der Waals surface area contributed by atoms with Gasteiger partial charge in [-0.3, -0.25) is 14.6 Å². The molecule has 0 saturated heterocycles. The summed E-state index contributed by atoms with van der Waals surface area (Å²) in [7, 11) is 0. The standard InChI is InChI=1S/C28H28ClN5O3/c1-28(2,16-35)27(37)31-14-17-6-9-22(29)20(12-17)26(36)33-23-4-3-5-25-21(23)15-32-34(25)19-10-11-30-24(13-19)18-7-8-18/h3-6,9-13,15,18,35H,7-8,14,16H2,1-2H3,(H,31,37)(H,33,36). The highest BCUT2D eigenvalue weighted by Gasteiger charge is 2.27. The Kier molecular flexibility index (Phi) is 6.70. The van der Waals surface area contributed by atoms with Crippen LogP contribution in [0.25, 0.3) is 16.6 Å². The molecule has 0 unspecified atom stereocenters. The summed E-state index contributed by atoms with van der Waals surface area (Å²) in [6.45, 7) is 3.26. The number of fused-ring (bicyclic) bond motifs is 1. The summed E-state index contributed by atoms with van der Waals surface area (Å²) >= 11 is 6.36. The van der Waals surface area contributed by atoms with E-state index in [1.165, 1.54) is 12.8 Å². The third kappa shape index (κ3) is 5.21. The van der Waals surface area contributed by atoms with E-state index in [-0.39, 0.29) is 25.0 Å². The summed E-state index contributed by atoms with van der Waals surface area (Å²) in [5, 5.41) is 20.8. The number of aliphatic hydroxyl groups excluding tert-OH is 1. The molecule has 1 aliphatic rings. The van der Waals surface area contributed by atoms with E-state index in [1.807, 2.05) is 35.1 Å². The molecule has 2 heterocycles. The second-order valence-electron chi connectivity index (χ2n) is 10.0. The third-order valence-electron chi connectivity index (χ3n) is 6.61. The fraction of sp³-hybridized carbons (Fsp3) is 0.286. The molecule has 190 valence electrons. The molecule has 2 aromatic heterocycles. The lowest BCUT2D eigenvalue weighted by Gasteiger charge is -2.20. The molecule has 5 rings (SSSR count). The summed E-state index contributed by atoms with van der Waals surface area (Å²) < 4.78 is 1.85. The number of amides is 2. The Morgan fingerprint density at radius 3 is 2.73 bits per heavy atom. The predicted octanol–water partition coefficient (Wildman–Crippen LogP) is 4.84. The maximum atomic E-state index is 13.2. The second kappa shape index (κ2) is 9.95. The van der Waals surface area contributed by atoms with Crippen LogP contribution in [0.5, 0.6) is 0 Å². The van der Waals surface area contributed by atoms with Gasteiger partial charge >= 0.3 is 0 Å². The van der Waals surface area contributed by atoms with Crippen molar-refractivity contribution in [3.63, 3.8) is 0 Å². The zero-order chi connectivity index (χ0) is 26.2. The fourth-order valence-corrected chi connectivity index (χ4v) is 4.28. The maximum Gasteiger partial charge on any atom is 0.257 e.